The summed E-state index contributed by atoms with van der Waals surface area (Å²) in [6.07, 6.45) is 0.250. The lowest BCUT2D eigenvalue weighted by atomic mass is 9.90. The zero-order valence-corrected chi connectivity index (χ0v) is 11.8. The van der Waals surface area contributed by atoms with Gasteiger partial charge in [-0.3, -0.25) is 9.59 Å². The van der Waals surface area contributed by atoms with Gasteiger partial charge in [0.1, 0.15) is 5.82 Å². The van der Waals surface area contributed by atoms with Gasteiger partial charge in [0.2, 0.25) is 5.91 Å². The number of nitrogens with zero attached hydrogens (tertiary/aromatic N) is 1. The second kappa shape index (κ2) is 5.40. The average molecular weight is 300 g/mol. The summed E-state index contributed by atoms with van der Waals surface area (Å²) < 4.78 is 13.6. The number of carbonyl (C=O) groups is 2. The van der Waals surface area contributed by atoms with Crippen molar-refractivity contribution in [3.63, 3.8) is 0 Å². The number of carbonyl (C=O) groups excluding carboxylic acids is 1. The Bertz CT molecular complexity index is 543. The lowest BCUT2D eigenvalue weighted by Gasteiger charge is -2.20. The summed E-state index contributed by atoms with van der Waals surface area (Å²) in [5.74, 6) is -1.75. The summed E-state index contributed by atoms with van der Waals surface area (Å²) >= 11 is 5.88. The van der Waals surface area contributed by atoms with Gasteiger partial charge in [0.05, 0.1) is 11.8 Å². The number of rotatable bonds is 3. The van der Waals surface area contributed by atoms with Crippen molar-refractivity contribution < 1.29 is 19.1 Å². The van der Waals surface area contributed by atoms with E-state index in [1.54, 1.807) is 6.92 Å². The van der Waals surface area contributed by atoms with Gasteiger partial charge in [0, 0.05) is 23.7 Å². The van der Waals surface area contributed by atoms with Gasteiger partial charge in [-0.15, -0.1) is 0 Å². The van der Waals surface area contributed by atoms with Crippen molar-refractivity contribution in [2.75, 3.05) is 13.1 Å². The Morgan fingerprint density at radius 1 is 1.50 bits per heavy atom. The number of aliphatic carboxylic acids is 1. The number of carboxylic acid groups (broad SMARTS) is 1. The van der Waals surface area contributed by atoms with Gasteiger partial charge in [-0.05, 0) is 25.5 Å². The summed E-state index contributed by atoms with van der Waals surface area (Å²) in [6.45, 7) is 2.12. The second-order valence-corrected chi connectivity index (χ2v) is 5.72. The van der Waals surface area contributed by atoms with Gasteiger partial charge in [0.25, 0.3) is 0 Å². The van der Waals surface area contributed by atoms with E-state index in [0.717, 1.165) is 0 Å². The number of halogens is 2. The van der Waals surface area contributed by atoms with Gasteiger partial charge in [-0.2, -0.15) is 0 Å². The van der Waals surface area contributed by atoms with E-state index in [1.165, 1.54) is 23.1 Å². The first-order valence-corrected chi connectivity index (χ1v) is 6.65. The van der Waals surface area contributed by atoms with Crippen LogP contribution in [0.5, 0.6) is 0 Å². The Morgan fingerprint density at radius 3 is 2.75 bits per heavy atom. The van der Waals surface area contributed by atoms with E-state index in [4.69, 9.17) is 16.7 Å². The molecule has 6 heteroatoms. The number of carboxylic acids is 1. The van der Waals surface area contributed by atoms with Gasteiger partial charge in [0.15, 0.2) is 0 Å². The number of hydrogen-bond acceptors (Lipinski definition) is 2. The summed E-state index contributed by atoms with van der Waals surface area (Å²) in [5, 5.41) is 9.34. The molecular weight excluding hydrogens is 285 g/mol. The van der Waals surface area contributed by atoms with Gasteiger partial charge >= 0.3 is 5.97 Å². The first-order valence-electron chi connectivity index (χ1n) is 6.27. The highest BCUT2D eigenvalue weighted by Crippen LogP contribution is 2.31. The molecular formula is C14H15ClFNO3. The third-order valence-electron chi connectivity index (χ3n) is 3.73. The minimum atomic E-state index is -0.922. The largest absolute Gasteiger partial charge is 0.481 e. The van der Waals surface area contributed by atoms with Crippen LogP contribution in [-0.2, 0) is 16.0 Å². The molecule has 1 amide bonds. The maximum Gasteiger partial charge on any atom is 0.311 e. The molecule has 20 heavy (non-hydrogen) atoms. The average Bonchev–Trinajstić information content (AvgIpc) is 2.78. The zero-order chi connectivity index (χ0) is 14.9. The number of hydrogen-bond donors (Lipinski definition) is 1. The second-order valence-electron chi connectivity index (χ2n) is 5.31. The predicted octanol–water partition coefficient (Wildman–Crippen LogP) is 2.34. The molecule has 1 heterocycles. The topological polar surface area (TPSA) is 57.6 Å². The van der Waals surface area contributed by atoms with E-state index in [2.05, 4.69) is 0 Å². The molecule has 1 fully saturated rings. The van der Waals surface area contributed by atoms with Crippen LogP contribution in [0, 0.1) is 11.2 Å². The number of likely N-dealkylation sites (tertiary alicyclic amines) is 1. The minimum Gasteiger partial charge on any atom is -0.481 e. The molecule has 0 radical (unpaired) electrons. The molecule has 0 bridgehead atoms. The minimum absolute atomic E-state index is 0.146. The Kier molecular flexibility index (Phi) is 3.99. The lowest BCUT2D eigenvalue weighted by molar-refractivity contribution is -0.147. The molecule has 2 rings (SSSR count). The van der Waals surface area contributed by atoms with Crippen LogP contribution in [0.2, 0.25) is 5.02 Å². The van der Waals surface area contributed by atoms with Crippen molar-refractivity contribution in [3.05, 3.63) is 34.6 Å². The smallest absolute Gasteiger partial charge is 0.311 e. The summed E-state index contributed by atoms with van der Waals surface area (Å²) in [4.78, 5) is 24.7. The van der Waals surface area contributed by atoms with E-state index in [-0.39, 0.29) is 29.5 Å². The van der Waals surface area contributed by atoms with Gasteiger partial charge < -0.3 is 10.0 Å². The molecule has 0 saturated carbocycles. The first kappa shape index (κ1) is 14.8. The highest BCUT2D eigenvalue weighted by atomic mass is 35.5. The van der Waals surface area contributed by atoms with E-state index >= 15 is 0 Å². The van der Waals surface area contributed by atoms with E-state index in [0.29, 0.717) is 13.0 Å². The Labute approximate surface area is 121 Å². The number of benzene rings is 1. The predicted molar refractivity (Wildman–Crippen MR) is 72.1 cm³/mol. The molecule has 1 aromatic carbocycles. The van der Waals surface area contributed by atoms with E-state index in [9.17, 15) is 14.0 Å². The van der Waals surface area contributed by atoms with Crippen LogP contribution in [-0.4, -0.2) is 35.0 Å². The fourth-order valence-electron chi connectivity index (χ4n) is 2.31. The van der Waals surface area contributed by atoms with E-state index < -0.39 is 17.2 Å². The molecule has 108 valence electrons. The maximum absolute atomic E-state index is 13.6. The molecule has 1 atom stereocenters. The Balaban J connectivity index is 2.09. The third-order valence-corrected chi connectivity index (χ3v) is 4.09. The summed E-state index contributed by atoms with van der Waals surface area (Å²) in [6, 6.07) is 4.25. The van der Waals surface area contributed by atoms with Crippen LogP contribution in [0.15, 0.2) is 18.2 Å². The van der Waals surface area contributed by atoms with E-state index in [1.807, 2.05) is 0 Å². The molecule has 1 unspecified atom stereocenters. The molecule has 4 nitrogen and oxygen atoms in total. The summed E-state index contributed by atoms with van der Waals surface area (Å²) in [5.41, 5.74) is -0.766. The highest BCUT2D eigenvalue weighted by Gasteiger charge is 2.42. The molecule has 1 saturated heterocycles. The molecule has 1 aliphatic heterocycles. The monoisotopic (exact) mass is 299 g/mol. The Hall–Kier alpha value is -1.62. The van der Waals surface area contributed by atoms with Crippen LogP contribution in [0.25, 0.3) is 0 Å². The molecule has 0 aliphatic carbocycles. The molecule has 0 aromatic heterocycles. The van der Waals surface area contributed by atoms with Crippen molar-refractivity contribution in [1.29, 1.82) is 0 Å². The SMILES string of the molecule is CC1(C(=O)O)CCN(C(=O)Cc2c(F)cccc2Cl)C1. The highest BCUT2D eigenvalue weighted by molar-refractivity contribution is 6.31. The number of amides is 1. The van der Waals surface area contributed by atoms with Crippen LogP contribution in [0.3, 0.4) is 0 Å². The normalized spacial score (nSPS) is 22.1. The maximum atomic E-state index is 13.6. The van der Waals surface area contributed by atoms with Crippen LogP contribution >= 0.6 is 11.6 Å². The van der Waals surface area contributed by atoms with Gasteiger partial charge in [-0.1, -0.05) is 17.7 Å². The fraction of sp³-hybridized carbons (Fsp3) is 0.429. The van der Waals surface area contributed by atoms with Crippen molar-refractivity contribution in [2.24, 2.45) is 5.41 Å². The van der Waals surface area contributed by atoms with Crippen molar-refractivity contribution in [1.82, 2.24) is 4.90 Å². The molecule has 1 aromatic rings. The molecule has 0 spiro atoms. The van der Waals surface area contributed by atoms with Gasteiger partial charge in [-0.25, -0.2) is 4.39 Å². The third kappa shape index (κ3) is 2.77. The van der Waals surface area contributed by atoms with Crippen LogP contribution in [0.1, 0.15) is 18.9 Å². The zero-order valence-electron chi connectivity index (χ0n) is 11.0. The molecule has 1 N–H and O–H groups in total. The first-order chi connectivity index (χ1) is 9.33. The van der Waals surface area contributed by atoms with Crippen molar-refractivity contribution in [2.45, 2.75) is 19.8 Å². The lowest BCUT2D eigenvalue weighted by Crippen LogP contribution is -2.35. The van der Waals surface area contributed by atoms with Crippen LogP contribution < -0.4 is 0 Å². The quantitative estimate of drug-likeness (QED) is 0.932. The van der Waals surface area contributed by atoms with Crippen molar-refractivity contribution in [3.8, 4) is 0 Å². The Morgan fingerprint density at radius 2 is 2.20 bits per heavy atom. The summed E-state index contributed by atoms with van der Waals surface area (Å²) in [7, 11) is 0. The molecule has 1 aliphatic rings. The fourth-order valence-corrected chi connectivity index (χ4v) is 2.54. The standard InChI is InChI=1S/C14H15ClFNO3/c1-14(13(19)20)5-6-17(8-14)12(18)7-9-10(15)3-2-4-11(9)16/h2-4H,5-8H2,1H3,(H,19,20). The van der Waals surface area contributed by atoms with Crippen molar-refractivity contribution >= 4 is 23.5 Å². The van der Waals surface area contributed by atoms with Crippen LogP contribution in [0.4, 0.5) is 4.39 Å².